The Labute approximate surface area is 297 Å². The molecular weight excluding hydrogens is 621 g/mol. The summed E-state index contributed by atoms with van der Waals surface area (Å²) in [5.74, 6) is 0.649. The van der Waals surface area contributed by atoms with Gasteiger partial charge in [-0.1, -0.05) is 123 Å². The molecule has 0 unspecified atom stereocenters. The van der Waals surface area contributed by atoms with Crippen molar-refractivity contribution in [1.29, 1.82) is 0 Å². The van der Waals surface area contributed by atoms with Crippen LogP contribution >= 0.6 is 0 Å². The van der Waals surface area contributed by atoms with Gasteiger partial charge in [-0.15, -0.1) is 0 Å². The molecule has 10 rings (SSSR count). The van der Waals surface area contributed by atoms with Crippen molar-refractivity contribution in [2.45, 2.75) is 19.3 Å². The lowest BCUT2D eigenvalue weighted by Gasteiger charge is -2.28. The lowest BCUT2D eigenvalue weighted by molar-refractivity contribution is 0.623. The first kappa shape index (κ1) is 29.5. The quantitative estimate of drug-likeness (QED) is 0.185. The summed E-state index contributed by atoms with van der Waals surface area (Å²) in [4.78, 5) is 7.25. The molecule has 1 aliphatic carbocycles. The Morgan fingerprint density at radius 1 is 0.490 bits per heavy atom. The van der Waals surface area contributed by atoms with E-state index in [4.69, 9.17) is 9.40 Å². The van der Waals surface area contributed by atoms with E-state index >= 15 is 0 Å². The zero-order chi connectivity index (χ0) is 34.1. The fourth-order valence-electron chi connectivity index (χ4n) is 8.15. The van der Waals surface area contributed by atoms with E-state index in [9.17, 15) is 0 Å². The highest BCUT2D eigenvalue weighted by molar-refractivity contribution is 6.09. The zero-order valence-electron chi connectivity index (χ0n) is 28.5. The number of hydrogen-bond acceptors (Lipinski definition) is 3. The summed E-state index contributed by atoms with van der Waals surface area (Å²) in [6.45, 7) is 4.71. The normalized spacial score (nSPS) is 13.1. The third kappa shape index (κ3) is 4.69. The molecule has 1 aliphatic rings. The molecule has 51 heavy (non-hydrogen) atoms. The Kier molecular flexibility index (Phi) is 6.53. The molecule has 0 amide bonds. The largest absolute Gasteiger partial charge is 0.435 e. The van der Waals surface area contributed by atoms with Crippen LogP contribution in [0, 0.1) is 0 Å². The van der Waals surface area contributed by atoms with Crippen molar-refractivity contribution >= 4 is 49.7 Å². The molecule has 1 aromatic heterocycles. The molecule has 0 aliphatic heterocycles. The maximum atomic E-state index is 6.47. The summed E-state index contributed by atoms with van der Waals surface area (Å²) in [5.41, 5.74) is 13.4. The van der Waals surface area contributed by atoms with Crippen molar-refractivity contribution in [3.63, 3.8) is 0 Å². The minimum Gasteiger partial charge on any atom is -0.435 e. The first-order valence-electron chi connectivity index (χ1n) is 17.5. The molecule has 1 heterocycles. The van der Waals surface area contributed by atoms with Gasteiger partial charge in [0, 0.05) is 33.4 Å². The predicted molar refractivity (Wildman–Crippen MR) is 212 cm³/mol. The van der Waals surface area contributed by atoms with E-state index in [1.807, 2.05) is 30.3 Å². The zero-order valence-corrected chi connectivity index (χ0v) is 28.5. The SMILES string of the molecule is CC1(C)c2cc(N(c3ccc(-c4ccccc4)cc3)c3ccc4ccccc4c3)ccc2-c2ccc3c(ccc4nc(-c5ccccc5)oc43)c21. The molecular formula is C48H34N2O. The van der Waals surface area contributed by atoms with Crippen molar-refractivity contribution in [1.82, 2.24) is 4.98 Å². The van der Waals surface area contributed by atoms with Gasteiger partial charge >= 0.3 is 0 Å². The predicted octanol–water partition coefficient (Wildman–Crippen LogP) is 13.2. The maximum absolute atomic E-state index is 6.47. The van der Waals surface area contributed by atoms with Crippen LogP contribution in [0.3, 0.4) is 0 Å². The van der Waals surface area contributed by atoms with Gasteiger partial charge in [0.1, 0.15) is 5.52 Å². The smallest absolute Gasteiger partial charge is 0.227 e. The highest BCUT2D eigenvalue weighted by Gasteiger charge is 2.38. The molecule has 8 aromatic carbocycles. The van der Waals surface area contributed by atoms with E-state index in [1.165, 1.54) is 49.5 Å². The molecule has 0 bridgehead atoms. The number of rotatable bonds is 5. The Morgan fingerprint density at radius 3 is 1.88 bits per heavy atom. The van der Waals surface area contributed by atoms with Crippen molar-refractivity contribution in [3.8, 4) is 33.7 Å². The van der Waals surface area contributed by atoms with Crippen LogP contribution in [0.15, 0.2) is 174 Å². The lowest BCUT2D eigenvalue weighted by Crippen LogP contribution is -2.17. The van der Waals surface area contributed by atoms with E-state index in [-0.39, 0.29) is 5.41 Å². The van der Waals surface area contributed by atoms with E-state index in [1.54, 1.807) is 0 Å². The average molecular weight is 655 g/mol. The molecule has 3 heteroatoms. The van der Waals surface area contributed by atoms with Crippen LogP contribution in [-0.2, 0) is 5.41 Å². The van der Waals surface area contributed by atoms with Crippen LogP contribution in [0.2, 0.25) is 0 Å². The average Bonchev–Trinajstić information content (AvgIpc) is 3.73. The summed E-state index contributed by atoms with van der Waals surface area (Å²) in [7, 11) is 0. The molecule has 0 fully saturated rings. The van der Waals surface area contributed by atoms with Crippen LogP contribution in [0.25, 0.3) is 66.4 Å². The topological polar surface area (TPSA) is 29.3 Å². The summed E-state index contributed by atoms with van der Waals surface area (Å²) in [6.07, 6.45) is 0. The first-order chi connectivity index (χ1) is 25.0. The molecule has 3 nitrogen and oxygen atoms in total. The van der Waals surface area contributed by atoms with Crippen molar-refractivity contribution in [3.05, 3.63) is 181 Å². The van der Waals surface area contributed by atoms with Crippen molar-refractivity contribution in [2.24, 2.45) is 0 Å². The summed E-state index contributed by atoms with van der Waals surface area (Å²) < 4.78 is 6.47. The molecule has 242 valence electrons. The second kappa shape index (κ2) is 11.3. The Morgan fingerprint density at radius 2 is 1.10 bits per heavy atom. The van der Waals surface area contributed by atoms with Gasteiger partial charge < -0.3 is 9.32 Å². The molecule has 0 saturated heterocycles. The number of fused-ring (bicyclic) bond motifs is 8. The van der Waals surface area contributed by atoms with Gasteiger partial charge in [0.05, 0.1) is 0 Å². The molecule has 9 aromatic rings. The van der Waals surface area contributed by atoms with E-state index in [2.05, 4.69) is 158 Å². The number of nitrogens with zero attached hydrogens (tertiary/aromatic N) is 2. The number of aromatic nitrogens is 1. The highest BCUT2D eigenvalue weighted by Crippen LogP contribution is 2.53. The van der Waals surface area contributed by atoms with Crippen LogP contribution in [-0.4, -0.2) is 4.98 Å². The van der Waals surface area contributed by atoms with Crippen molar-refractivity contribution in [2.75, 3.05) is 4.90 Å². The summed E-state index contributed by atoms with van der Waals surface area (Å²) in [5, 5.41) is 4.75. The number of anilines is 3. The summed E-state index contributed by atoms with van der Waals surface area (Å²) >= 11 is 0. The Hall–Kier alpha value is -6.45. The molecule has 0 N–H and O–H groups in total. The highest BCUT2D eigenvalue weighted by atomic mass is 16.3. The standard InChI is InChI=1S/C48H34N2O/c1-48(2)43-30-38(50(37-22-19-32-13-9-10-16-35(32)29-37)36-20-17-33(18-21-36)31-11-5-3-6-12-31)23-24-39(43)40-25-26-42-41(45(40)48)27-28-44-46(42)51-47(49-44)34-14-7-4-8-15-34/h3-30H,1-2H3. The van der Waals surface area contributed by atoms with Gasteiger partial charge in [-0.3, -0.25) is 0 Å². The first-order valence-corrected chi connectivity index (χ1v) is 17.5. The van der Waals surface area contributed by atoms with Crippen LogP contribution in [0.5, 0.6) is 0 Å². The minimum atomic E-state index is -0.248. The van der Waals surface area contributed by atoms with Crippen LogP contribution in [0.1, 0.15) is 25.0 Å². The molecule has 0 radical (unpaired) electrons. The second-order valence-corrected chi connectivity index (χ2v) is 14.0. The Bertz CT molecular complexity index is 2760. The molecule has 0 saturated carbocycles. The third-order valence-electron chi connectivity index (χ3n) is 10.6. The van der Waals surface area contributed by atoms with Gasteiger partial charge in [0.25, 0.3) is 0 Å². The van der Waals surface area contributed by atoms with Gasteiger partial charge in [0.2, 0.25) is 5.89 Å². The fourth-order valence-corrected chi connectivity index (χ4v) is 8.15. The number of benzene rings is 8. The number of hydrogen-bond donors (Lipinski definition) is 0. The van der Waals surface area contributed by atoms with E-state index in [0.29, 0.717) is 5.89 Å². The van der Waals surface area contributed by atoms with Gasteiger partial charge in [0.15, 0.2) is 5.58 Å². The second-order valence-electron chi connectivity index (χ2n) is 14.0. The van der Waals surface area contributed by atoms with Gasteiger partial charge in [-0.25, -0.2) is 4.98 Å². The number of oxazole rings is 1. The monoisotopic (exact) mass is 654 g/mol. The third-order valence-corrected chi connectivity index (χ3v) is 10.6. The lowest BCUT2D eigenvalue weighted by atomic mass is 9.80. The summed E-state index contributed by atoms with van der Waals surface area (Å²) in [6, 6.07) is 60.8. The maximum Gasteiger partial charge on any atom is 0.227 e. The van der Waals surface area contributed by atoms with Crippen molar-refractivity contribution < 1.29 is 4.42 Å². The van der Waals surface area contributed by atoms with E-state index < -0.39 is 0 Å². The van der Waals surface area contributed by atoms with Crippen LogP contribution < -0.4 is 4.90 Å². The van der Waals surface area contributed by atoms with Crippen LogP contribution in [0.4, 0.5) is 17.1 Å². The van der Waals surface area contributed by atoms with Gasteiger partial charge in [-0.2, -0.15) is 0 Å². The van der Waals surface area contributed by atoms with Gasteiger partial charge in [-0.05, 0) is 110 Å². The molecule has 0 spiro atoms. The molecule has 0 atom stereocenters. The Balaban J connectivity index is 1.11. The minimum absolute atomic E-state index is 0.248. The fraction of sp³-hybridized carbons (Fsp3) is 0.0625. The van der Waals surface area contributed by atoms with E-state index in [0.717, 1.165) is 39.1 Å².